The summed E-state index contributed by atoms with van der Waals surface area (Å²) in [6.45, 7) is 3.12. The first-order valence-electron chi connectivity index (χ1n) is 9.81. The summed E-state index contributed by atoms with van der Waals surface area (Å²) in [6.07, 6.45) is -8.48. The van der Waals surface area contributed by atoms with Crippen LogP contribution in [-0.4, -0.2) is 34.6 Å². The molecule has 1 aromatic carbocycles. The number of carbonyl (C=O) groups is 1. The van der Waals surface area contributed by atoms with E-state index < -0.39 is 36.0 Å². The van der Waals surface area contributed by atoms with Gasteiger partial charge in [-0.05, 0) is 24.0 Å². The molecule has 0 unspecified atom stereocenters. The molecule has 0 saturated heterocycles. The fourth-order valence-electron chi connectivity index (χ4n) is 3.03. The lowest BCUT2D eigenvalue weighted by Gasteiger charge is -2.28. The van der Waals surface area contributed by atoms with E-state index in [4.69, 9.17) is 5.26 Å². The molecule has 1 aromatic heterocycles. The highest BCUT2D eigenvalue weighted by molar-refractivity contribution is 5.82. The van der Waals surface area contributed by atoms with Crippen LogP contribution in [0.1, 0.15) is 37.6 Å². The standard InChI is InChI=1S/C21H21F6N5O/c1-12(2)11-15(19(33)30-10-8-28)31-17(21(25,26)27)13-3-5-14(6-4-13)18-29-9-7-16(32-18)20(22,23)24/h3-7,9,12,15,17,31H,10-11H2,1-2H3,(H,30,33)/t15-,17-/m0/s1. The van der Waals surface area contributed by atoms with E-state index >= 15 is 0 Å². The maximum atomic E-state index is 13.8. The SMILES string of the molecule is CC(C)C[C@H](N[C@@H](c1ccc(-c2nccc(C(F)(F)F)n2)cc1)C(F)(F)F)C(=O)NCC#N. The number of benzene rings is 1. The zero-order chi connectivity index (χ0) is 24.8. The number of halogens is 6. The van der Waals surface area contributed by atoms with E-state index in [-0.39, 0.29) is 35.8 Å². The summed E-state index contributed by atoms with van der Waals surface area (Å²) < 4.78 is 80.1. The van der Waals surface area contributed by atoms with Gasteiger partial charge in [-0.3, -0.25) is 10.1 Å². The number of hydrogen-bond acceptors (Lipinski definition) is 5. The predicted octanol–water partition coefficient (Wildman–Crippen LogP) is 4.41. The minimum absolute atomic E-state index is 0.0833. The van der Waals surface area contributed by atoms with E-state index in [2.05, 4.69) is 20.6 Å². The van der Waals surface area contributed by atoms with E-state index in [1.165, 1.54) is 12.1 Å². The molecule has 6 nitrogen and oxygen atoms in total. The molecule has 0 saturated carbocycles. The number of aromatic nitrogens is 2. The molecule has 0 radical (unpaired) electrons. The number of nitrogens with one attached hydrogen (secondary N) is 2. The third-order valence-corrected chi connectivity index (χ3v) is 4.51. The Morgan fingerprint density at radius 1 is 1.09 bits per heavy atom. The Morgan fingerprint density at radius 3 is 2.24 bits per heavy atom. The van der Waals surface area contributed by atoms with Crippen molar-refractivity contribution in [1.82, 2.24) is 20.6 Å². The second-order valence-corrected chi connectivity index (χ2v) is 7.58. The highest BCUT2D eigenvalue weighted by Gasteiger charge is 2.43. The number of rotatable bonds is 8. The summed E-state index contributed by atoms with van der Waals surface area (Å²) in [5.41, 5.74) is -1.33. The van der Waals surface area contributed by atoms with Crippen LogP contribution < -0.4 is 10.6 Å². The van der Waals surface area contributed by atoms with Gasteiger partial charge in [-0.2, -0.15) is 31.6 Å². The summed E-state index contributed by atoms with van der Waals surface area (Å²) >= 11 is 0. The van der Waals surface area contributed by atoms with Gasteiger partial charge in [0.15, 0.2) is 5.82 Å². The lowest BCUT2D eigenvalue weighted by atomic mass is 9.99. The van der Waals surface area contributed by atoms with Gasteiger partial charge < -0.3 is 5.32 Å². The van der Waals surface area contributed by atoms with Gasteiger partial charge in [-0.1, -0.05) is 38.1 Å². The van der Waals surface area contributed by atoms with Crippen molar-refractivity contribution in [2.75, 3.05) is 6.54 Å². The maximum Gasteiger partial charge on any atom is 0.433 e. The molecule has 178 valence electrons. The van der Waals surface area contributed by atoms with E-state index in [0.29, 0.717) is 6.07 Å². The van der Waals surface area contributed by atoms with Crippen LogP contribution in [0, 0.1) is 17.2 Å². The van der Waals surface area contributed by atoms with Crippen molar-refractivity contribution >= 4 is 5.91 Å². The minimum atomic E-state index is -4.78. The predicted molar refractivity (Wildman–Crippen MR) is 106 cm³/mol. The van der Waals surface area contributed by atoms with E-state index in [0.717, 1.165) is 18.3 Å². The average Bonchev–Trinajstić information content (AvgIpc) is 2.73. The summed E-state index contributed by atoms with van der Waals surface area (Å²) in [5.74, 6) is -1.15. The molecule has 2 rings (SSSR count). The van der Waals surface area contributed by atoms with Crippen LogP contribution in [0.3, 0.4) is 0 Å². The first kappa shape index (κ1) is 26.1. The molecule has 0 aliphatic rings. The Morgan fingerprint density at radius 2 is 1.73 bits per heavy atom. The smallest absolute Gasteiger partial charge is 0.342 e. The largest absolute Gasteiger partial charge is 0.433 e. The molecule has 0 bridgehead atoms. The number of nitrogens with zero attached hydrogens (tertiary/aromatic N) is 3. The molecule has 1 heterocycles. The number of carbonyl (C=O) groups excluding carboxylic acids is 1. The molecule has 2 atom stereocenters. The summed E-state index contributed by atoms with van der Waals surface area (Å²) in [4.78, 5) is 19.5. The first-order valence-corrected chi connectivity index (χ1v) is 9.81. The second kappa shape index (κ2) is 10.6. The molecule has 33 heavy (non-hydrogen) atoms. The molecule has 2 N–H and O–H groups in total. The number of amides is 1. The van der Waals surface area contributed by atoms with Gasteiger partial charge in [-0.25, -0.2) is 9.97 Å². The summed E-state index contributed by atoms with van der Waals surface area (Å²) in [7, 11) is 0. The zero-order valence-corrected chi connectivity index (χ0v) is 17.6. The van der Waals surface area contributed by atoms with Gasteiger partial charge in [0.1, 0.15) is 18.3 Å². The third-order valence-electron chi connectivity index (χ3n) is 4.51. The van der Waals surface area contributed by atoms with Crippen molar-refractivity contribution in [3.8, 4) is 17.5 Å². The quantitative estimate of drug-likeness (QED) is 0.438. The van der Waals surface area contributed by atoms with Crippen LogP contribution >= 0.6 is 0 Å². The van der Waals surface area contributed by atoms with E-state index in [1.54, 1.807) is 19.9 Å². The van der Waals surface area contributed by atoms with Gasteiger partial charge in [-0.15, -0.1) is 0 Å². The van der Waals surface area contributed by atoms with Gasteiger partial charge in [0.05, 0.1) is 12.1 Å². The Hall–Kier alpha value is -3.20. The van der Waals surface area contributed by atoms with Crippen LogP contribution in [0.2, 0.25) is 0 Å². The van der Waals surface area contributed by atoms with Crippen molar-refractivity contribution in [2.24, 2.45) is 5.92 Å². The third kappa shape index (κ3) is 7.42. The molecule has 1 amide bonds. The van der Waals surface area contributed by atoms with Crippen molar-refractivity contribution in [2.45, 2.75) is 44.7 Å². The van der Waals surface area contributed by atoms with E-state index in [9.17, 15) is 31.1 Å². The van der Waals surface area contributed by atoms with Crippen LogP contribution in [0.4, 0.5) is 26.3 Å². The normalized spacial score (nSPS) is 13.9. The Bertz CT molecular complexity index is 982. The second-order valence-electron chi connectivity index (χ2n) is 7.58. The van der Waals surface area contributed by atoms with Crippen molar-refractivity contribution < 1.29 is 31.1 Å². The topological polar surface area (TPSA) is 90.7 Å². The highest BCUT2D eigenvalue weighted by Crippen LogP contribution is 2.35. The molecule has 2 aromatic rings. The molecule has 0 aliphatic heterocycles. The van der Waals surface area contributed by atoms with Crippen LogP contribution in [0.25, 0.3) is 11.4 Å². The fraction of sp³-hybridized carbons (Fsp3) is 0.429. The van der Waals surface area contributed by atoms with Gasteiger partial charge in [0.2, 0.25) is 5.91 Å². The van der Waals surface area contributed by atoms with Crippen molar-refractivity contribution in [3.63, 3.8) is 0 Å². The number of alkyl halides is 6. The maximum absolute atomic E-state index is 13.8. The number of nitriles is 1. The Balaban J connectivity index is 2.33. The first-order chi connectivity index (χ1) is 15.3. The van der Waals surface area contributed by atoms with Crippen molar-refractivity contribution in [1.29, 1.82) is 5.26 Å². The van der Waals surface area contributed by atoms with Gasteiger partial charge in [0, 0.05) is 11.8 Å². The molecular weight excluding hydrogens is 452 g/mol. The van der Waals surface area contributed by atoms with Crippen LogP contribution in [0.15, 0.2) is 36.5 Å². The summed E-state index contributed by atoms with van der Waals surface area (Å²) in [6, 6.07) is 3.46. The lowest BCUT2D eigenvalue weighted by molar-refractivity contribution is -0.161. The Labute approximate surface area is 186 Å². The van der Waals surface area contributed by atoms with Crippen LogP contribution in [-0.2, 0) is 11.0 Å². The highest BCUT2D eigenvalue weighted by atomic mass is 19.4. The lowest BCUT2D eigenvalue weighted by Crippen LogP contribution is -2.49. The van der Waals surface area contributed by atoms with Gasteiger partial charge in [0.25, 0.3) is 0 Å². The molecule has 0 aliphatic carbocycles. The van der Waals surface area contributed by atoms with Crippen molar-refractivity contribution in [3.05, 3.63) is 47.8 Å². The van der Waals surface area contributed by atoms with E-state index in [1.807, 2.05) is 0 Å². The molecule has 0 fully saturated rings. The fourth-order valence-corrected chi connectivity index (χ4v) is 3.03. The minimum Gasteiger partial charge on any atom is -0.342 e. The molecular formula is C21H21F6N5O. The molecule has 12 heteroatoms. The monoisotopic (exact) mass is 473 g/mol. The summed E-state index contributed by atoms with van der Waals surface area (Å²) in [5, 5.41) is 13.2. The number of hydrogen-bond donors (Lipinski definition) is 2. The van der Waals surface area contributed by atoms with Crippen LogP contribution in [0.5, 0.6) is 0 Å². The molecule has 0 spiro atoms. The average molecular weight is 473 g/mol. The Kier molecular flexibility index (Phi) is 8.38. The zero-order valence-electron chi connectivity index (χ0n) is 17.6. The van der Waals surface area contributed by atoms with Gasteiger partial charge >= 0.3 is 12.4 Å².